The lowest BCUT2D eigenvalue weighted by Gasteiger charge is -2.25. The highest BCUT2D eigenvalue weighted by atomic mass is 16.5. The monoisotopic (exact) mass is 407 g/mol. The van der Waals surface area contributed by atoms with Gasteiger partial charge in [0.25, 0.3) is 5.91 Å². The summed E-state index contributed by atoms with van der Waals surface area (Å²) in [6, 6.07) is 10.0. The minimum absolute atomic E-state index is 0.118. The summed E-state index contributed by atoms with van der Waals surface area (Å²) in [5.41, 5.74) is 2.19. The van der Waals surface area contributed by atoms with Gasteiger partial charge >= 0.3 is 0 Å². The third kappa shape index (κ3) is 4.18. The number of rotatable bonds is 6. The van der Waals surface area contributed by atoms with Crippen LogP contribution < -0.4 is 5.32 Å². The second-order valence-electron chi connectivity index (χ2n) is 7.52. The van der Waals surface area contributed by atoms with Crippen molar-refractivity contribution in [2.75, 3.05) is 19.0 Å². The first-order chi connectivity index (χ1) is 14.5. The van der Waals surface area contributed by atoms with Crippen LogP contribution in [0.25, 0.3) is 0 Å². The van der Waals surface area contributed by atoms with Crippen molar-refractivity contribution in [3.8, 4) is 0 Å². The smallest absolute Gasteiger partial charge is 0.257 e. The summed E-state index contributed by atoms with van der Waals surface area (Å²) in [4.78, 5) is 27.8. The fourth-order valence-corrected chi connectivity index (χ4v) is 3.47. The topological polar surface area (TPSA) is 93.4 Å². The van der Waals surface area contributed by atoms with E-state index in [0.717, 1.165) is 17.0 Å². The van der Waals surface area contributed by atoms with Crippen LogP contribution in [0, 0.1) is 0 Å². The molecular formula is C22H25N5O3. The maximum atomic E-state index is 12.9. The Balaban J connectivity index is 1.49. The third-order valence-corrected chi connectivity index (χ3v) is 4.91. The number of hydrogen-bond acceptors (Lipinski definition) is 7. The lowest BCUT2D eigenvalue weighted by atomic mass is 10.1. The zero-order chi connectivity index (χ0) is 21.1. The number of methoxy groups -OCH3 is 1. The number of ether oxygens (including phenoxy) is 1. The van der Waals surface area contributed by atoms with Crippen LogP contribution in [0.1, 0.15) is 53.2 Å². The third-order valence-electron chi connectivity index (χ3n) is 4.91. The maximum Gasteiger partial charge on any atom is 0.257 e. The highest BCUT2D eigenvalue weighted by molar-refractivity contribution is 5.93. The predicted molar refractivity (Wildman–Crippen MR) is 111 cm³/mol. The molecule has 1 atom stereocenters. The Morgan fingerprint density at radius 3 is 2.60 bits per heavy atom. The van der Waals surface area contributed by atoms with Gasteiger partial charge in [-0.3, -0.25) is 4.79 Å². The standard InChI is InChI=1S/C22H25N5O3/c1-14(2)25-22-23-11-16(12-24-22)21(28)27-10-9-18-17(13-27)26-20(30-18)19(29-3)15-7-5-4-6-8-15/h4-8,11-12,14,19H,9-10,13H2,1-3H3,(H,23,24,25). The van der Waals surface area contributed by atoms with Crippen LogP contribution in [0.5, 0.6) is 0 Å². The first kappa shape index (κ1) is 20.0. The summed E-state index contributed by atoms with van der Waals surface area (Å²) in [5.74, 6) is 1.71. The summed E-state index contributed by atoms with van der Waals surface area (Å²) >= 11 is 0. The van der Waals surface area contributed by atoms with Gasteiger partial charge in [-0.2, -0.15) is 0 Å². The lowest BCUT2D eigenvalue weighted by molar-refractivity contribution is 0.0726. The van der Waals surface area contributed by atoms with Crippen LogP contribution >= 0.6 is 0 Å². The normalized spacial score (nSPS) is 14.5. The molecule has 8 heteroatoms. The van der Waals surface area contributed by atoms with Crippen molar-refractivity contribution in [1.29, 1.82) is 0 Å². The maximum absolute atomic E-state index is 12.9. The molecular weight excluding hydrogens is 382 g/mol. The second-order valence-corrected chi connectivity index (χ2v) is 7.52. The molecule has 0 saturated carbocycles. The van der Waals surface area contributed by atoms with Gasteiger partial charge in [0.15, 0.2) is 6.10 Å². The molecule has 8 nitrogen and oxygen atoms in total. The molecule has 0 fully saturated rings. The number of benzene rings is 1. The molecule has 0 aliphatic carbocycles. The van der Waals surface area contributed by atoms with E-state index in [1.165, 1.54) is 0 Å². The molecule has 1 amide bonds. The van der Waals surface area contributed by atoms with E-state index >= 15 is 0 Å². The summed E-state index contributed by atoms with van der Waals surface area (Å²) in [7, 11) is 1.63. The van der Waals surface area contributed by atoms with Crippen molar-refractivity contribution < 1.29 is 13.9 Å². The van der Waals surface area contributed by atoms with E-state index in [9.17, 15) is 4.79 Å². The van der Waals surface area contributed by atoms with Crippen LogP contribution in [-0.4, -0.2) is 45.5 Å². The Morgan fingerprint density at radius 1 is 1.20 bits per heavy atom. The highest BCUT2D eigenvalue weighted by Gasteiger charge is 2.29. The van der Waals surface area contributed by atoms with Gasteiger partial charge in [-0.15, -0.1) is 0 Å². The van der Waals surface area contributed by atoms with E-state index in [4.69, 9.17) is 9.15 Å². The Labute approximate surface area is 175 Å². The molecule has 1 aromatic carbocycles. The Bertz CT molecular complexity index is 1000. The van der Waals surface area contributed by atoms with Gasteiger partial charge in [0, 0.05) is 38.5 Å². The van der Waals surface area contributed by atoms with Crippen LogP contribution in [0.4, 0.5) is 5.95 Å². The molecule has 1 aliphatic heterocycles. The molecule has 156 valence electrons. The van der Waals surface area contributed by atoms with E-state index in [1.54, 1.807) is 24.4 Å². The Hall–Kier alpha value is -3.26. The quantitative estimate of drug-likeness (QED) is 0.670. The van der Waals surface area contributed by atoms with Crippen LogP contribution in [0.15, 0.2) is 47.1 Å². The number of aromatic nitrogens is 3. The molecule has 0 bridgehead atoms. The predicted octanol–water partition coefficient (Wildman–Crippen LogP) is 3.22. The van der Waals surface area contributed by atoms with Crippen molar-refractivity contribution in [3.05, 3.63) is 71.2 Å². The minimum atomic E-state index is -0.379. The Morgan fingerprint density at radius 2 is 1.93 bits per heavy atom. The zero-order valence-electron chi connectivity index (χ0n) is 17.3. The van der Waals surface area contributed by atoms with Crippen LogP contribution in [0.2, 0.25) is 0 Å². The number of hydrogen-bond donors (Lipinski definition) is 1. The second kappa shape index (κ2) is 8.62. The Kier molecular flexibility index (Phi) is 5.76. The van der Waals surface area contributed by atoms with E-state index in [2.05, 4.69) is 20.3 Å². The molecule has 2 aromatic heterocycles. The first-order valence-electron chi connectivity index (χ1n) is 9.99. The first-order valence-corrected chi connectivity index (χ1v) is 9.99. The average molecular weight is 407 g/mol. The molecule has 0 spiro atoms. The van der Waals surface area contributed by atoms with Crippen molar-refractivity contribution in [2.24, 2.45) is 0 Å². The molecule has 1 N–H and O–H groups in total. The van der Waals surface area contributed by atoms with Gasteiger partial charge < -0.3 is 19.4 Å². The number of nitrogens with zero attached hydrogens (tertiary/aromatic N) is 4. The summed E-state index contributed by atoms with van der Waals surface area (Å²) < 4.78 is 11.6. The van der Waals surface area contributed by atoms with Crippen LogP contribution in [-0.2, 0) is 17.7 Å². The van der Waals surface area contributed by atoms with E-state index in [-0.39, 0.29) is 18.1 Å². The number of carbonyl (C=O) groups is 1. The van der Waals surface area contributed by atoms with Gasteiger partial charge in [0.05, 0.1) is 12.1 Å². The van der Waals surface area contributed by atoms with Gasteiger partial charge in [-0.05, 0) is 19.4 Å². The molecule has 4 rings (SSSR count). The minimum Gasteiger partial charge on any atom is -0.442 e. The fourth-order valence-electron chi connectivity index (χ4n) is 3.47. The van der Waals surface area contributed by atoms with Gasteiger partial charge in [-0.25, -0.2) is 15.0 Å². The van der Waals surface area contributed by atoms with Gasteiger partial charge in [-0.1, -0.05) is 30.3 Å². The molecule has 1 unspecified atom stereocenters. The highest BCUT2D eigenvalue weighted by Crippen LogP contribution is 2.29. The molecule has 3 aromatic rings. The summed E-state index contributed by atoms with van der Waals surface area (Å²) in [6.07, 6.45) is 3.34. The number of carbonyl (C=O) groups excluding carboxylic acids is 1. The van der Waals surface area contributed by atoms with Crippen LogP contribution in [0.3, 0.4) is 0 Å². The SMILES string of the molecule is COC(c1ccccc1)c1nc2c(o1)CCN(C(=O)c1cnc(NC(C)C)nc1)C2. The molecule has 0 radical (unpaired) electrons. The fraction of sp³-hybridized carbons (Fsp3) is 0.364. The number of amides is 1. The van der Waals surface area contributed by atoms with E-state index in [0.29, 0.717) is 36.9 Å². The average Bonchev–Trinajstić information content (AvgIpc) is 3.17. The largest absolute Gasteiger partial charge is 0.442 e. The van der Waals surface area contributed by atoms with Gasteiger partial charge in [0.2, 0.25) is 11.8 Å². The summed E-state index contributed by atoms with van der Waals surface area (Å²) in [6.45, 7) is 4.95. The van der Waals surface area contributed by atoms with Crippen molar-refractivity contribution in [2.45, 2.75) is 39.0 Å². The molecule has 1 aliphatic rings. The lowest BCUT2D eigenvalue weighted by Crippen LogP contribution is -2.36. The number of oxazole rings is 1. The summed E-state index contributed by atoms with van der Waals surface area (Å²) in [5, 5.41) is 3.11. The molecule has 0 saturated heterocycles. The van der Waals surface area contributed by atoms with Gasteiger partial charge in [0.1, 0.15) is 11.5 Å². The van der Waals surface area contributed by atoms with Crippen molar-refractivity contribution >= 4 is 11.9 Å². The number of anilines is 1. The zero-order valence-corrected chi connectivity index (χ0v) is 17.3. The number of nitrogens with one attached hydrogen (secondary N) is 1. The van der Waals surface area contributed by atoms with Crippen molar-refractivity contribution in [3.63, 3.8) is 0 Å². The van der Waals surface area contributed by atoms with E-state index < -0.39 is 0 Å². The number of fused-ring (bicyclic) bond motifs is 1. The molecule has 3 heterocycles. The molecule has 30 heavy (non-hydrogen) atoms. The van der Waals surface area contributed by atoms with Crippen molar-refractivity contribution in [1.82, 2.24) is 19.9 Å². The van der Waals surface area contributed by atoms with E-state index in [1.807, 2.05) is 44.2 Å².